The van der Waals surface area contributed by atoms with Crippen molar-refractivity contribution in [3.63, 3.8) is 0 Å². The van der Waals surface area contributed by atoms with Crippen molar-refractivity contribution >= 4 is 5.69 Å². The highest BCUT2D eigenvalue weighted by Crippen LogP contribution is 2.44. The van der Waals surface area contributed by atoms with Crippen LogP contribution in [0.5, 0.6) is 0 Å². The summed E-state index contributed by atoms with van der Waals surface area (Å²) in [5, 5.41) is 13.9. The lowest BCUT2D eigenvalue weighted by atomic mass is 9.65. The Kier molecular flexibility index (Phi) is 3.43. The van der Waals surface area contributed by atoms with E-state index in [0.717, 1.165) is 12.8 Å². The second-order valence-corrected chi connectivity index (χ2v) is 4.66. The van der Waals surface area contributed by atoms with Crippen LogP contribution < -0.4 is 5.32 Å². The van der Waals surface area contributed by atoms with Gasteiger partial charge in [0.1, 0.15) is 0 Å². The smallest absolute Gasteiger partial charge is 0.269 e. The lowest BCUT2D eigenvalue weighted by molar-refractivity contribution is -0.384. The summed E-state index contributed by atoms with van der Waals surface area (Å²) in [6.45, 7) is 2.20. The molecule has 0 saturated heterocycles. The first kappa shape index (κ1) is 12.0. The maximum Gasteiger partial charge on any atom is 0.269 e. The van der Waals surface area contributed by atoms with E-state index in [9.17, 15) is 10.1 Å². The lowest BCUT2D eigenvalue weighted by Crippen LogP contribution is -2.47. The third-order valence-corrected chi connectivity index (χ3v) is 3.92. The summed E-state index contributed by atoms with van der Waals surface area (Å²) >= 11 is 0. The summed E-state index contributed by atoms with van der Waals surface area (Å²) in [4.78, 5) is 10.2. The van der Waals surface area contributed by atoms with Gasteiger partial charge in [0.2, 0.25) is 0 Å². The van der Waals surface area contributed by atoms with E-state index >= 15 is 0 Å². The SMILES string of the molecule is CCC1C(NC)CC1c1ccc([N+](=O)[O-])cc1. The van der Waals surface area contributed by atoms with Crippen molar-refractivity contribution in [1.29, 1.82) is 0 Å². The van der Waals surface area contributed by atoms with Crippen LogP contribution >= 0.6 is 0 Å². The van der Waals surface area contributed by atoms with Gasteiger partial charge < -0.3 is 5.32 Å². The van der Waals surface area contributed by atoms with Crippen molar-refractivity contribution in [2.45, 2.75) is 31.7 Å². The van der Waals surface area contributed by atoms with Crippen LogP contribution in [0.25, 0.3) is 0 Å². The highest BCUT2D eigenvalue weighted by Gasteiger charge is 2.39. The van der Waals surface area contributed by atoms with E-state index < -0.39 is 0 Å². The molecule has 0 amide bonds. The third-order valence-electron chi connectivity index (χ3n) is 3.92. The monoisotopic (exact) mass is 234 g/mol. The van der Waals surface area contributed by atoms with E-state index in [4.69, 9.17) is 0 Å². The van der Waals surface area contributed by atoms with Gasteiger partial charge in [-0.2, -0.15) is 0 Å². The van der Waals surface area contributed by atoms with Crippen molar-refractivity contribution in [2.24, 2.45) is 5.92 Å². The predicted molar refractivity (Wildman–Crippen MR) is 67.1 cm³/mol. The maximum atomic E-state index is 10.6. The molecule has 1 fully saturated rings. The molecule has 4 heteroatoms. The number of hydrogen-bond acceptors (Lipinski definition) is 3. The van der Waals surface area contributed by atoms with Crippen molar-refractivity contribution < 1.29 is 4.92 Å². The maximum absolute atomic E-state index is 10.6. The molecule has 92 valence electrons. The fraction of sp³-hybridized carbons (Fsp3) is 0.538. The van der Waals surface area contributed by atoms with E-state index in [0.29, 0.717) is 17.9 Å². The van der Waals surface area contributed by atoms with Gasteiger partial charge in [-0.05, 0) is 30.9 Å². The molecule has 1 aromatic rings. The van der Waals surface area contributed by atoms with Gasteiger partial charge in [0.15, 0.2) is 0 Å². The van der Waals surface area contributed by atoms with Crippen LogP contribution in [0.1, 0.15) is 31.2 Å². The molecular weight excluding hydrogens is 216 g/mol. The van der Waals surface area contributed by atoms with Crippen molar-refractivity contribution in [1.82, 2.24) is 5.32 Å². The van der Waals surface area contributed by atoms with Gasteiger partial charge in [-0.1, -0.05) is 25.5 Å². The minimum Gasteiger partial charge on any atom is -0.317 e. The van der Waals surface area contributed by atoms with Crippen LogP contribution in [-0.4, -0.2) is 18.0 Å². The largest absolute Gasteiger partial charge is 0.317 e. The number of nitrogens with one attached hydrogen (secondary N) is 1. The van der Waals surface area contributed by atoms with Crippen molar-refractivity contribution in [3.8, 4) is 0 Å². The number of rotatable bonds is 4. The van der Waals surface area contributed by atoms with Crippen molar-refractivity contribution in [3.05, 3.63) is 39.9 Å². The van der Waals surface area contributed by atoms with Gasteiger partial charge in [0.05, 0.1) is 4.92 Å². The molecular formula is C13H18N2O2. The average Bonchev–Trinajstić information content (AvgIpc) is 2.29. The Morgan fingerprint density at radius 1 is 1.41 bits per heavy atom. The van der Waals surface area contributed by atoms with E-state index in [1.165, 1.54) is 5.56 Å². The number of nitro groups is 1. The topological polar surface area (TPSA) is 55.2 Å². The fourth-order valence-corrected chi connectivity index (χ4v) is 2.84. The van der Waals surface area contributed by atoms with Crippen LogP contribution in [-0.2, 0) is 0 Å². The molecule has 0 bridgehead atoms. The van der Waals surface area contributed by atoms with Crippen molar-refractivity contribution in [2.75, 3.05) is 7.05 Å². The Morgan fingerprint density at radius 3 is 2.53 bits per heavy atom. The minimum atomic E-state index is -0.349. The van der Waals surface area contributed by atoms with Crippen LogP contribution in [0.2, 0.25) is 0 Å². The number of hydrogen-bond donors (Lipinski definition) is 1. The molecule has 1 aliphatic rings. The Morgan fingerprint density at radius 2 is 2.06 bits per heavy atom. The summed E-state index contributed by atoms with van der Waals surface area (Å²) in [7, 11) is 2.00. The van der Waals surface area contributed by atoms with Gasteiger partial charge >= 0.3 is 0 Å². The normalized spacial score (nSPS) is 27.5. The zero-order valence-electron chi connectivity index (χ0n) is 10.2. The summed E-state index contributed by atoms with van der Waals surface area (Å²) < 4.78 is 0. The zero-order valence-corrected chi connectivity index (χ0v) is 10.2. The molecule has 1 saturated carbocycles. The molecule has 0 heterocycles. The molecule has 1 aliphatic carbocycles. The zero-order chi connectivity index (χ0) is 12.4. The van der Waals surface area contributed by atoms with Crippen LogP contribution in [0.3, 0.4) is 0 Å². The van der Waals surface area contributed by atoms with Crippen LogP contribution in [0, 0.1) is 16.0 Å². The molecule has 3 atom stereocenters. The highest BCUT2D eigenvalue weighted by molar-refractivity contribution is 5.36. The molecule has 0 aromatic heterocycles. The summed E-state index contributed by atoms with van der Waals surface area (Å²) in [6, 6.07) is 7.61. The van der Waals surface area contributed by atoms with Crippen LogP contribution in [0.15, 0.2) is 24.3 Å². The summed E-state index contributed by atoms with van der Waals surface area (Å²) in [6.07, 6.45) is 2.28. The third kappa shape index (κ3) is 2.17. The fourth-order valence-electron chi connectivity index (χ4n) is 2.84. The molecule has 3 unspecified atom stereocenters. The number of nitro benzene ring substituents is 1. The molecule has 17 heavy (non-hydrogen) atoms. The number of non-ortho nitro benzene ring substituents is 1. The Balaban J connectivity index is 2.11. The van der Waals surface area contributed by atoms with Crippen LogP contribution in [0.4, 0.5) is 5.69 Å². The number of benzene rings is 1. The molecule has 2 rings (SSSR count). The number of nitrogens with zero attached hydrogens (tertiary/aromatic N) is 1. The van der Waals surface area contributed by atoms with Gasteiger partial charge in [-0.15, -0.1) is 0 Å². The Bertz CT molecular complexity index is 402. The molecule has 1 N–H and O–H groups in total. The van der Waals surface area contributed by atoms with Gasteiger partial charge in [0, 0.05) is 18.2 Å². The van der Waals surface area contributed by atoms with E-state index in [1.54, 1.807) is 12.1 Å². The first-order valence-corrected chi connectivity index (χ1v) is 6.09. The van der Waals surface area contributed by atoms with E-state index in [-0.39, 0.29) is 10.6 Å². The first-order chi connectivity index (χ1) is 8.17. The van der Waals surface area contributed by atoms with Gasteiger partial charge in [-0.25, -0.2) is 0 Å². The van der Waals surface area contributed by atoms with Gasteiger partial charge in [-0.3, -0.25) is 10.1 Å². The Labute approximate surface area is 101 Å². The van der Waals surface area contributed by atoms with E-state index in [2.05, 4.69) is 12.2 Å². The average molecular weight is 234 g/mol. The minimum absolute atomic E-state index is 0.172. The second-order valence-electron chi connectivity index (χ2n) is 4.66. The lowest BCUT2D eigenvalue weighted by Gasteiger charge is -2.44. The molecule has 1 aromatic carbocycles. The second kappa shape index (κ2) is 4.84. The summed E-state index contributed by atoms with van der Waals surface area (Å²) in [5.41, 5.74) is 1.40. The Hall–Kier alpha value is -1.42. The molecule has 0 radical (unpaired) electrons. The molecule has 0 spiro atoms. The predicted octanol–water partition coefficient (Wildman–Crippen LogP) is 2.70. The standard InChI is InChI=1S/C13H18N2O2/c1-3-11-12(8-13(11)14-2)9-4-6-10(7-5-9)15(16)17/h4-7,11-14H,3,8H2,1-2H3. The molecule has 4 nitrogen and oxygen atoms in total. The summed E-state index contributed by atoms with van der Waals surface area (Å²) in [5.74, 6) is 1.21. The van der Waals surface area contributed by atoms with Gasteiger partial charge in [0.25, 0.3) is 5.69 Å². The first-order valence-electron chi connectivity index (χ1n) is 6.09. The van der Waals surface area contributed by atoms with E-state index in [1.807, 2.05) is 19.2 Å². The molecule has 0 aliphatic heterocycles. The quantitative estimate of drug-likeness (QED) is 0.643. The highest BCUT2D eigenvalue weighted by atomic mass is 16.6.